The lowest BCUT2D eigenvalue weighted by Crippen LogP contribution is -2.29. The van der Waals surface area contributed by atoms with Crippen LogP contribution in [0, 0.1) is 12.9 Å². The number of benzene rings is 1. The number of alkyl halides is 2. The van der Waals surface area contributed by atoms with Gasteiger partial charge >= 0.3 is 18.4 Å². The molecule has 2 amide bonds. The van der Waals surface area contributed by atoms with E-state index in [1.54, 1.807) is 6.92 Å². The molecule has 24 heavy (non-hydrogen) atoms. The summed E-state index contributed by atoms with van der Waals surface area (Å²) in [6.07, 6.45) is 1.04. The Morgan fingerprint density at radius 1 is 1.08 bits per heavy atom. The van der Waals surface area contributed by atoms with Crippen molar-refractivity contribution in [1.82, 2.24) is 4.98 Å². The fraction of sp³-hybridized carbons (Fsp3) is 0.133. The van der Waals surface area contributed by atoms with Crippen molar-refractivity contribution in [3.8, 4) is 5.75 Å². The highest BCUT2D eigenvalue weighted by Gasteiger charge is 2.15. The summed E-state index contributed by atoms with van der Waals surface area (Å²) in [5.41, 5.74) is 0.672. The smallest absolute Gasteiger partial charge is 0.387 e. The summed E-state index contributed by atoms with van der Waals surface area (Å²) in [4.78, 5) is 26.9. The number of nitrogens with zero attached hydrogens (tertiary/aromatic N) is 1. The molecule has 2 N–H and O–H groups in total. The van der Waals surface area contributed by atoms with Gasteiger partial charge in [-0.05, 0) is 30.7 Å². The number of halogens is 3. The van der Waals surface area contributed by atoms with Crippen LogP contribution in [-0.2, 0) is 9.59 Å². The van der Waals surface area contributed by atoms with E-state index in [-0.39, 0.29) is 17.1 Å². The summed E-state index contributed by atoms with van der Waals surface area (Å²) in [6.45, 7) is -1.46. The first-order chi connectivity index (χ1) is 11.3. The number of pyridine rings is 1. The Hall–Kier alpha value is -3.10. The standard InChI is InChI=1S/C15H12F3N3O3/c1-8-2-3-9(6-11(8)24-15(17)18)20-13(22)14(23)21-10-4-5-12(16)19-7-10/h2-7,15H,1H3,(H,20,22)(H,21,23). The van der Waals surface area contributed by atoms with Gasteiger partial charge in [0.15, 0.2) is 0 Å². The van der Waals surface area contributed by atoms with E-state index in [4.69, 9.17) is 0 Å². The molecule has 1 aromatic heterocycles. The van der Waals surface area contributed by atoms with E-state index in [1.165, 1.54) is 24.3 Å². The molecule has 6 nitrogen and oxygen atoms in total. The summed E-state index contributed by atoms with van der Waals surface area (Å²) in [6, 6.07) is 6.30. The number of carbonyl (C=O) groups is 2. The second-order valence-corrected chi connectivity index (χ2v) is 4.64. The van der Waals surface area contributed by atoms with Crippen molar-refractivity contribution < 1.29 is 27.5 Å². The third kappa shape index (κ3) is 4.70. The van der Waals surface area contributed by atoms with Gasteiger partial charge in [-0.3, -0.25) is 9.59 Å². The van der Waals surface area contributed by atoms with Crippen molar-refractivity contribution in [3.05, 3.63) is 48.0 Å². The Kier molecular flexibility index (Phi) is 5.35. The minimum absolute atomic E-state index is 0.105. The SMILES string of the molecule is Cc1ccc(NC(=O)C(=O)Nc2ccc(F)nc2)cc1OC(F)F. The van der Waals surface area contributed by atoms with Gasteiger partial charge < -0.3 is 15.4 Å². The molecular formula is C15H12F3N3O3. The predicted molar refractivity (Wildman–Crippen MR) is 79.3 cm³/mol. The lowest BCUT2D eigenvalue weighted by atomic mass is 10.2. The number of hydrogen-bond donors (Lipinski definition) is 2. The van der Waals surface area contributed by atoms with Gasteiger partial charge in [-0.2, -0.15) is 13.2 Å². The van der Waals surface area contributed by atoms with Gasteiger partial charge in [0.05, 0.1) is 11.9 Å². The lowest BCUT2D eigenvalue weighted by molar-refractivity contribution is -0.133. The maximum atomic E-state index is 12.7. The molecular weight excluding hydrogens is 327 g/mol. The van der Waals surface area contributed by atoms with Crippen molar-refractivity contribution >= 4 is 23.2 Å². The number of aryl methyl sites for hydroxylation is 1. The zero-order chi connectivity index (χ0) is 17.7. The van der Waals surface area contributed by atoms with Crippen LogP contribution in [0.15, 0.2) is 36.5 Å². The van der Waals surface area contributed by atoms with E-state index < -0.39 is 24.4 Å². The summed E-state index contributed by atoms with van der Waals surface area (Å²) in [7, 11) is 0. The number of rotatable bonds is 4. The highest BCUT2D eigenvalue weighted by atomic mass is 19.3. The van der Waals surface area contributed by atoms with Gasteiger partial charge in [-0.15, -0.1) is 0 Å². The summed E-state index contributed by atoms with van der Waals surface area (Å²) in [5, 5.41) is 4.46. The molecule has 1 heterocycles. The van der Waals surface area contributed by atoms with E-state index in [9.17, 15) is 22.8 Å². The molecule has 0 aliphatic carbocycles. The molecule has 0 unspecified atom stereocenters. The molecule has 2 rings (SSSR count). The summed E-state index contributed by atoms with van der Waals surface area (Å²) < 4.78 is 41.5. The molecule has 0 spiro atoms. The molecule has 0 bridgehead atoms. The molecule has 0 aliphatic heterocycles. The van der Waals surface area contributed by atoms with Gasteiger partial charge in [-0.25, -0.2) is 4.98 Å². The summed E-state index contributed by atoms with van der Waals surface area (Å²) in [5.74, 6) is -2.92. The van der Waals surface area contributed by atoms with E-state index >= 15 is 0 Å². The highest BCUT2D eigenvalue weighted by molar-refractivity contribution is 6.43. The largest absolute Gasteiger partial charge is 0.434 e. The van der Waals surface area contributed by atoms with Crippen LogP contribution in [0.3, 0.4) is 0 Å². The molecule has 126 valence electrons. The van der Waals surface area contributed by atoms with E-state index in [2.05, 4.69) is 20.4 Å². The number of nitrogens with one attached hydrogen (secondary N) is 2. The first-order valence-electron chi connectivity index (χ1n) is 6.64. The first kappa shape index (κ1) is 17.3. The maximum absolute atomic E-state index is 12.7. The predicted octanol–water partition coefficient (Wildman–Crippen LogP) is 2.71. The van der Waals surface area contributed by atoms with Crippen molar-refractivity contribution in [2.75, 3.05) is 10.6 Å². The third-order valence-corrected chi connectivity index (χ3v) is 2.85. The monoisotopic (exact) mass is 339 g/mol. The number of anilines is 2. The number of amides is 2. The van der Waals surface area contributed by atoms with Gasteiger partial charge in [0, 0.05) is 11.8 Å². The van der Waals surface area contributed by atoms with E-state index in [1.807, 2.05) is 0 Å². The lowest BCUT2D eigenvalue weighted by Gasteiger charge is -2.11. The first-order valence-corrected chi connectivity index (χ1v) is 6.64. The Balaban J connectivity index is 2.03. The zero-order valence-electron chi connectivity index (χ0n) is 12.3. The molecule has 0 saturated carbocycles. The second-order valence-electron chi connectivity index (χ2n) is 4.64. The minimum Gasteiger partial charge on any atom is -0.434 e. The van der Waals surface area contributed by atoms with Crippen molar-refractivity contribution in [3.63, 3.8) is 0 Å². The zero-order valence-corrected chi connectivity index (χ0v) is 12.3. The molecule has 0 atom stereocenters. The van der Waals surface area contributed by atoms with Gasteiger partial charge in [-0.1, -0.05) is 6.07 Å². The minimum atomic E-state index is -3.01. The molecule has 2 aromatic rings. The fourth-order valence-electron chi connectivity index (χ4n) is 1.73. The van der Waals surface area contributed by atoms with Crippen LogP contribution in [0.1, 0.15) is 5.56 Å². The normalized spacial score (nSPS) is 10.4. The average molecular weight is 339 g/mol. The van der Waals surface area contributed by atoms with Crippen LogP contribution in [0.25, 0.3) is 0 Å². The van der Waals surface area contributed by atoms with Crippen LogP contribution in [0.5, 0.6) is 5.75 Å². The van der Waals surface area contributed by atoms with Crippen molar-refractivity contribution in [2.45, 2.75) is 13.5 Å². The third-order valence-electron chi connectivity index (χ3n) is 2.85. The highest BCUT2D eigenvalue weighted by Crippen LogP contribution is 2.24. The molecule has 1 aromatic carbocycles. The number of ether oxygens (including phenoxy) is 1. The number of carbonyl (C=O) groups excluding carboxylic acids is 2. The fourth-order valence-corrected chi connectivity index (χ4v) is 1.73. The quantitative estimate of drug-likeness (QED) is 0.663. The van der Waals surface area contributed by atoms with Gasteiger partial charge in [0.1, 0.15) is 5.75 Å². The van der Waals surface area contributed by atoms with Gasteiger partial charge in [0.2, 0.25) is 5.95 Å². The van der Waals surface area contributed by atoms with Crippen LogP contribution in [-0.4, -0.2) is 23.4 Å². The Bertz CT molecular complexity index is 751. The Labute approximate surface area is 134 Å². The van der Waals surface area contributed by atoms with Gasteiger partial charge in [0.25, 0.3) is 0 Å². The molecule has 0 aliphatic rings. The van der Waals surface area contributed by atoms with Crippen LogP contribution in [0.4, 0.5) is 24.5 Å². The average Bonchev–Trinajstić information content (AvgIpc) is 2.52. The van der Waals surface area contributed by atoms with Crippen molar-refractivity contribution in [1.29, 1.82) is 0 Å². The van der Waals surface area contributed by atoms with Crippen LogP contribution < -0.4 is 15.4 Å². The van der Waals surface area contributed by atoms with E-state index in [0.29, 0.717) is 5.56 Å². The Morgan fingerprint density at radius 2 is 1.71 bits per heavy atom. The topological polar surface area (TPSA) is 80.3 Å². The molecule has 9 heteroatoms. The van der Waals surface area contributed by atoms with Crippen LogP contribution in [0.2, 0.25) is 0 Å². The van der Waals surface area contributed by atoms with Crippen LogP contribution >= 0.6 is 0 Å². The number of hydrogen-bond acceptors (Lipinski definition) is 4. The second kappa shape index (κ2) is 7.44. The molecule has 0 saturated heterocycles. The van der Waals surface area contributed by atoms with Crippen molar-refractivity contribution in [2.24, 2.45) is 0 Å². The Morgan fingerprint density at radius 3 is 2.29 bits per heavy atom. The summed E-state index contributed by atoms with van der Waals surface area (Å²) >= 11 is 0. The van der Waals surface area contributed by atoms with E-state index in [0.717, 1.165) is 12.3 Å². The maximum Gasteiger partial charge on any atom is 0.387 e. The molecule has 0 radical (unpaired) electrons. The number of aromatic nitrogens is 1. The molecule has 0 fully saturated rings.